The molecule has 0 aliphatic rings. The van der Waals surface area contributed by atoms with E-state index in [0.29, 0.717) is 5.56 Å². The van der Waals surface area contributed by atoms with E-state index in [4.69, 9.17) is 0 Å². The Morgan fingerprint density at radius 1 is 0.781 bits per heavy atom. The second-order valence-corrected chi connectivity index (χ2v) is 8.40. The topological polar surface area (TPSA) is 32.3 Å². The van der Waals surface area contributed by atoms with Gasteiger partial charge in [-0.25, -0.2) is 0 Å². The number of unbranched alkanes of at least 4 members (excludes halogenated alkanes) is 2. The van der Waals surface area contributed by atoms with Gasteiger partial charge in [-0.1, -0.05) is 99.5 Å². The van der Waals surface area contributed by atoms with Crippen LogP contribution in [0.1, 0.15) is 67.1 Å². The molecule has 0 saturated carbocycles. The summed E-state index contributed by atoms with van der Waals surface area (Å²) in [5.41, 5.74) is 3.96. The quantitative estimate of drug-likeness (QED) is 0.294. The van der Waals surface area contributed by atoms with Crippen molar-refractivity contribution in [1.82, 2.24) is 4.90 Å². The predicted octanol–water partition coefficient (Wildman–Crippen LogP) is 7.12. The van der Waals surface area contributed by atoms with Crippen molar-refractivity contribution in [2.24, 2.45) is 0 Å². The third-order valence-corrected chi connectivity index (χ3v) is 5.78. The number of ketones is 1. The summed E-state index contributed by atoms with van der Waals surface area (Å²) in [5.74, 6) is 0.0752. The normalized spacial score (nSPS) is 12.0. The van der Waals surface area contributed by atoms with Gasteiger partial charge < -0.3 is 5.32 Å². The number of carbonyl (C=O) groups is 1. The fraction of sp³-hybridized carbons (Fsp3) is 0.345. The first-order valence-corrected chi connectivity index (χ1v) is 11.9. The molecule has 0 heterocycles. The summed E-state index contributed by atoms with van der Waals surface area (Å²) < 4.78 is 0. The number of nitrogens with one attached hydrogen (secondary N) is 1. The second-order valence-electron chi connectivity index (χ2n) is 8.40. The Balaban J connectivity index is 1.73. The van der Waals surface area contributed by atoms with E-state index >= 15 is 0 Å². The largest absolute Gasteiger partial charge is 0.371 e. The van der Waals surface area contributed by atoms with E-state index in [1.165, 1.54) is 31.2 Å². The van der Waals surface area contributed by atoms with Crippen LogP contribution in [-0.4, -0.2) is 23.8 Å². The Morgan fingerprint density at radius 3 is 1.91 bits per heavy atom. The minimum atomic E-state index is -0.421. The Hall–Kier alpha value is -2.91. The van der Waals surface area contributed by atoms with E-state index in [9.17, 15) is 4.79 Å². The molecule has 1 atom stereocenters. The van der Waals surface area contributed by atoms with Gasteiger partial charge in [-0.05, 0) is 49.2 Å². The van der Waals surface area contributed by atoms with Gasteiger partial charge in [-0.15, -0.1) is 0 Å². The highest BCUT2D eigenvalue weighted by atomic mass is 16.1. The fourth-order valence-corrected chi connectivity index (χ4v) is 3.88. The molecule has 0 unspecified atom stereocenters. The van der Waals surface area contributed by atoms with Crippen LogP contribution in [0.3, 0.4) is 0 Å². The maximum absolute atomic E-state index is 13.3. The SMILES string of the molecule is CCCCN(CCCC)Cc1ccc(N[C@H](C(=O)c2ccccc2)c2ccccc2)cc1. The standard InChI is InChI=1S/C29H36N2O/c1-3-5-21-31(22-6-4-2)23-24-17-19-27(20-18-24)30-28(25-13-9-7-10-14-25)29(32)26-15-11-8-12-16-26/h7-20,28,30H,3-6,21-23H2,1-2H3/t28-/m0/s1. The van der Waals surface area contributed by atoms with Gasteiger partial charge in [-0.2, -0.15) is 0 Å². The van der Waals surface area contributed by atoms with Crippen molar-refractivity contribution in [3.8, 4) is 0 Å². The highest BCUT2D eigenvalue weighted by Gasteiger charge is 2.21. The maximum Gasteiger partial charge on any atom is 0.189 e. The fourth-order valence-electron chi connectivity index (χ4n) is 3.88. The molecule has 32 heavy (non-hydrogen) atoms. The van der Waals surface area contributed by atoms with Crippen molar-refractivity contribution in [1.29, 1.82) is 0 Å². The number of hydrogen-bond donors (Lipinski definition) is 1. The van der Waals surface area contributed by atoms with Gasteiger partial charge in [-0.3, -0.25) is 9.69 Å². The van der Waals surface area contributed by atoms with Crippen LogP contribution in [-0.2, 0) is 6.54 Å². The highest BCUT2D eigenvalue weighted by molar-refractivity contribution is 6.02. The second kappa shape index (κ2) is 12.8. The van der Waals surface area contributed by atoms with E-state index in [0.717, 1.165) is 30.9 Å². The van der Waals surface area contributed by atoms with Crippen molar-refractivity contribution >= 4 is 11.5 Å². The van der Waals surface area contributed by atoms with E-state index in [-0.39, 0.29) is 5.78 Å². The number of anilines is 1. The van der Waals surface area contributed by atoms with Crippen LogP contribution in [0.2, 0.25) is 0 Å². The molecule has 3 aromatic rings. The first-order chi connectivity index (χ1) is 15.7. The Kier molecular flexibility index (Phi) is 9.52. The molecule has 0 aromatic heterocycles. The molecule has 168 valence electrons. The lowest BCUT2D eigenvalue weighted by Gasteiger charge is -2.23. The zero-order valence-corrected chi connectivity index (χ0v) is 19.5. The van der Waals surface area contributed by atoms with E-state index < -0.39 is 6.04 Å². The molecule has 0 aliphatic carbocycles. The number of carbonyl (C=O) groups excluding carboxylic acids is 1. The van der Waals surface area contributed by atoms with Crippen LogP contribution >= 0.6 is 0 Å². The highest BCUT2D eigenvalue weighted by Crippen LogP contribution is 2.24. The minimum absolute atomic E-state index is 0.0752. The van der Waals surface area contributed by atoms with Crippen molar-refractivity contribution in [3.05, 3.63) is 102 Å². The van der Waals surface area contributed by atoms with Crippen molar-refractivity contribution < 1.29 is 4.79 Å². The summed E-state index contributed by atoms with van der Waals surface area (Å²) in [5, 5.41) is 3.48. The molecule has 0 spiro atoms. The average molecular weight is 429 g/mol. The van der Waals surface area contributed by atoms with Crippen LogP contribution in [0, 0.1) is 0 Å². The molecular weight excluding hydrogens is 392 g/mol. The van der Waals surface area contributed by atoms with Crippen LogP contribution in [0.25, 0.3) is 0 Å². The van der Waals surface area contributed by atoms with Crippen LogP contribution in [0.4, 0.5) is 5.69 Å². The van der Waals surface area contributed by atoms with Gasteiger partial charge in [0, 0.05) is 17.8 Å². The lowest BCUT2D eigenvalue weighted by molar-refractivity contribution is 0.0969. The first kappa shape index (κ1) is 23.7. The average Bonchev–Trinajstić information content (AvgIpc) is 2.85. The van der Waals surface area contributed by atoms with Gasteiger partial charge in [0.15, 0.2) is 5.78 Å². The molecular formula is C29H36N2O. The van der Waals surface area contributed by atoms with E-state index in [1.54, 1.807) is 0 Å². The maximum atomic E-state index is 13.3. The summed E-state index contributed by atoms with van der Waals surface area (Å²) in [6, 6.07) is 27.6. The third kappa shape index (κ3) is 7.06. The Bertz CT molecular complexity index is 914. The molecule has 1 N–H and O–H groups in total. The molecule has 0 saturated heterocycles. The van der Waals surface area contributed by atoms with Gasteiger partial charge in [0.2, 0.25) is 0 Å². The van der Waals surface area contributed by atoms with Crippen LogP contribution in [0.15, 0.2) is 84.9 Å². The molecule has 0 bridgehead atoms. The molecule has 0 amide bonds. The van der Waals surface area contributed by atoms with Crippen molar-refractivity contribution in [2.45, 2.75) is 52.1 Å². The van der Waals surface area contributed by atoms with E-state index in [1.807, 2.05) is 60.7 Å². The molecule has 0 radical (unpaired) electrons. The summed E-state index contributed by atoms with van der Waals surface area (Å²) in [4.78, 5) is 15.9. The lowest BCUT2D eigenvalue weighted by Crippen LogP contribution is -2.25. The smallest absolute Gasteiger partial charge is 0.189 e. The predicted molar refractivity (Wildman–Crippen MR) is 135 cm³/mol. The summed E-state index contributed by atoms with van der Waals surface area (Å²) in [6.07, 6.45) is 4.93. The molecule has 3 aromatic carbocycles. The number of benzene rings is 3. The Morgan fingerprint density at radius 2 is 1.34 bits per heavy atom. The van der Waals surface area contributed by atoms with Gasteiger partial charge in [0.1, 0.15) is 6.04 Å². The summed E-state index contributed by atoms with van der Waals surface area (Å²) in [7, 11) is 0. The monoisotopic (exact) mass is 428 g/mol. The number of Topliss-reactive ketones (excluding diaryl/α,β-unsaturated/α-hetero) is 1. The van der Waals surface area contributed by atoms with Crippen LogP contribution in [0.5, 0.6) is 0 Å². The molecule has 3 heteroatoms. The minimum Gasteiger partial charge on any atom is -0.371 e. The zero-order valence-electron chi connectivity index (χ0n) is 19.5. The van der Waals surface area contributed by atoms with Crippen LogP contribution < -0.4 is 5.32 Å². The lowest BCUT2D eigenvalue weighted by atomic mass is 9.97. The Labute approximate surface area is 193 Å². The number of rotatable bonds is 13. The summed E-state index contributed by atoms with van der Waals surface area (Å²) >= 11 is 0. The van der Waals surface area contributed by atoms with Crippen molar-refractivity contribution in [2.75, 3.05) is 18.4 Å². The summed E-state index contributed by atoms with van der Waals surface area (Å²) in [6.45, 7) is 7.78. The third-order valence-electron chi connectivity index (χ3n) is 5.78. The van der Waals surface area contributed by atoms with Crippen molar-refractivity contribution in [3.63, 3.8) is 0 Å². The first-order valence-electron chi connectivity index (χ1n) is 11.9. The van der Waals surface area contributed by atoms with Gasteiger partial charge >= 0.3 is 0 Å². The number of nitrogens with zero attached hydrogens (tertiary/aromatic N) is 1. The number of hydrogen-bond acceptors (Lipinski definition) is 3. The molecule has 0 fully saturated rings. The van der Waals surface area contributed by atoms with E-state index in [2.05, 4.69) is 48.3 Å². The van der Waals surface area contributed by atoms with Gasteiger partial charge in [0.05, 0.1) is 0 Å². The van der Waals surface area contributed by atoms with Gasteiger partial charge in [0.25, 0.3) is 0 Å². The molecule has 0 aliphatic heterocycles. The molecule has 3 rings (SSSR count). The molecule has 3 nitrogen and oxygen atoms in total. The zero-order chi connectivity index (χ0) is 22.6.